The van der Waals surface area contributed by atoms with Crippen LogP contribution in [0, 0.1) is 6.92 Å². The molecule has 0 bridgehead atoms. The van der Waals surface area contributed by atoms with Crippen molar-refractivity contribution in [2.24, 2.45) is 0 Å². The third-order valence-corrected chi connectivity index (χ3v) is 9.40. The number of thioether (sulfide) groups is 2. The van der Waals surface area contributed by atoms with Crippen molar-refractivity contribution in [1.82, 2.24) is 19.6 Å². The average Bonchev–Trinajstić information content (AvgIpc) is 3.49. The van der Waals surface area contributed by atoms with E-state index in [2.05, 4.69) is 44.2 Å². The van der Waals surface area contributed by atoms with Gasteiger partial charge in [-0.05, 0) is 55.9 Å². The molecule has 0 spiro atoms. The predicted octanol–water partition coefficient (Wildman–Crippen LogP) is 6.55. The lowest BCUT2D eigenvalue weighted by molar-refractivity contribution is -0.113. The Bertz CT molecular complexity index is 1540. The van der Waals surface area contributed by atoms with Crippen molar-refractivity contribution in [2.75, 3.05) is 11.1 Å². The largest absolute Gasteiger partial charge is 0.325 e. The Balaban J connectivity index is 1.33. The molecule has 1 amide bonds. The summed E-state index contributed by atoms with van der Waals surface area (Å²) >= 11 is 4.89. The Hall–Kier alpha value is -2.88. The maximum Gasteiger partial charge on any atom is 0.234 e. The first-order valence-electron chi connectivity index (χ1n) is 12.0. The molecule has 0 unspecified atom stereocenters. The van der Waals surface area contributed by atoms with Gasteiger partial charge in [0.2, 0.25) is 5.91 Å². The molecule has 6 nitrogen and oxygen atoms in total. The lowest BCUT2D eigenvalue weighted by Gasteiger charge is -2.11. The summed E-state index contributed by atoms with van der Waals surface area (Å²) < 4.78 is 2.06. The predicted molar refractivity (Wildman–Crippen MR) is 149 cm³/mol. The molecule has 1 N–H and O–H groups in total. The standard InChI is InChI=1S/C27H25N5OS3/c1-17-11-13-19(14-12-17)28-22(33)16-35-27-31-30-24-23-20-9-5-6-10-21(20)36-25(23)29-26(32(24)27)34-15-18-7-3-2-4-8-18/h2-4,7-8,11-14H,5-6,9-10,15-16H2,1H3,(H,28,33). The van der Waals surface area contributed by atoms with Gasteiger partial charge >= 0.3 is 0 Å². The monoisotopic (exact) mass is 531 g/mol. The minimum Gasteiger partial charge on any atom is -0.325 e. The van der Waals surface area contributed by atoms with Crippen molar-refractivity contribution >= 4 is 62.3 Å². The quantitative estimate of drug-likeness (QED) is 0.190. The van der Waals surface area contributed by atoms with Crippen LogP contribution in [0.25, 0.3) is 15.9 Å². The van der Waals surface area contributed by atoms with Crippen LogP contribution in [-0.2, 0) is 23.4 Å². The van der Waals surface area contributed by atoms with Crippen LogP contribution in [0.3, 0.4) is 0 Å². The molecule has 1 aliphatic carbocycles. The number of anilines is 1. The molecule has 182 valence electrons. The van der Waals surface area contributed by atoms with E-state index in [1.54, 1.807) is 23.1 Å². The van der Waals surface area contributed by atoms with E-state index < -0.39 is 0 Å². The molecule has 2 aromatic carbocycles. The van der Waals surface area contributed by atoms with Gasteiger partial charge in [-0.1, -0.05) is 71.6 Å². The number of carbonyl (C=O) groups excluding carboxylic acids is 1. The second-order valence-corrected chi connectivity index (χ2v) is 11.9. The number of hydrogen-bond acceptors (Lipinski definition) is 7. The molecule has 0 saturated heterocycles. The van der Waals surface area contributed by atoms with E-state index in [0.29, 0.717) is 5.16 Å². The number of aromatic nitrogens is 4. The van der Waals surface area contributed by atoms with Gasteiger partial charge in [0.1, 0.15) is 4.83 Å². The van der Waals surface area contributed by atoms with Crippen LogP contribution in [0.1, 0.15) is 34.4 Å². The van der Waals surface area contributed by atoms with E-state index in [1.807, 2.05) is 37.3 Å². The number of hydrogen-bond donors (Lipinski definition) is 1. The number of nitrogens with zero attached hydrogens (tertiary/aromatic N) is 4. The van der Waals surface area contributed by atoms with Gasteiger partial charge in [-0.3, -0.25) is 4.79 Å². The van der Waals surface area contributed by atoms with Crippen molar-refractivity contribution in [3.8, 4) is 0 Å². The highest BCUT2D eigenvalue weighted by Gasteiger charge is 2.24. The molecule has 0 radical (unpaired) electrons. The molecule has 36 heavy (non-hydrogen) atoms. The molecule has 3 aromatic heterocycles. The zero-order chi connectivity index (χ0) is 24.5. The Kier molecular flexibility index (Phi) is 6.69. The Labute approximate surface area is 221 Å². The van der Waals surface area contributed by atoms with Gasteiger partial charge in [-0.15, -0.1) is 21.5 Å². The highest BCUT2D eigenvalue weighted by Crippen LogP contribution is 2.40. The zero-order valence-electron chi connectivity index (χ0n) is 19.9. The fourth-order valence-electron chi connectivity index (χ4n) is 4.48. The van der Waals surface area contributed by atoms with Crippen molar-refractivity contribution in [3.05, 3.63) is 76.2 Å². The number of amides is 1. The summed E-state index contributed by atoms with van der Waals surface area (Å²) in [6.45, 7) is 2.03. The van der Waals surface area contributed by atoms with E-state index in [1.165, 1.54) is 40.6 Å². The first-order chi connectivity index (χ1) is 17.7. The Morgan fingerprint density at radius 3 is 2.64 bits per heavy atom. The van der Waals surface area contributed by atoms with Crippen LogP contribution in [0.15, 0.2) is 64.9 Å². The summed E-state index contributed by atoms with van der Waals surface area (Å²) in [5.41, 5.74) is 5.44. The summed E-state index contributed by atoms with van der Waals surface area (Å²) in [5, 5.41) is 14.8. The topological polar surface area (TPSA) is 72.2 Å². The van der Waals surface area contributed by atoms with Gasteiger partial charge in [0, 0.05) is 16.3 Å². The first-order valence-corrected chi connectivity index (χ1v) is 14.8. The summed E-state index contributed by atoms with van der Waals surface area (Å²) in [6, 6.07) is 18.2. The average molecular weight is 532 g/mol. The number of rotatable bonds is 7. The number of nitrogens with one attached hydrogen (secondary N) is 1. The molecular weight excluding hydrogens is 507 g/mol. The maximum atomic E-state index is 12.7. The Morgan fingerprint density at radius 2 is 1.81 bits per heavy atom. The molecule has 9 heteroatoms. The molecule has 6 rings (SSSR count). The molecular formula is C27H25N5OS3. The third kappa shape index (κ3) is 4.75. The van der Waals surface area contributed by atoms with Crippen molar-refractivity contribution < 1.29 is 4.79 Å². The van der Waals surface area contributed by atoms with E-state index in [0.717, 1.165) is 50.9 Å². The summed E-state index contributed by atoms with van der Waals surface area (Å²) in [7, 11) is 0. The molecule has 0 atom stereocenters. The number of thiophene rings is 1. The minimum atomic E-state index is -0.0685. The first kappa shape index (κ1) is 23.5. The van der Waals surface area contributed by atoms with Gasteiger partial charge in [-0.25, -0.2) is 9.38 Å². The second-order valence-electron chi connectivity index (χ2n) is 8.90. The summed E-state index contributed by atoms with van der Waals surface area (Å²) in [6.07, 6.45) is 4.61. The van der Waals surface area contributed by atoms with Gasteiger partial charge in [0.25, 0.3) is 0 Å². The van der Waals surface area contributed by atoms with Crippen molar-refractivity contribution in [3.63, 3.8) is 0 Å². The van der Waals surface area contributed by atoms with Gasteiger partial charge < -0.3 is 5.32 Å². The lowest BCUT2D eigenvalue weighted by atomic mass is 9.97. The lowest BCUT2D eigenvalue weighted by Crippen LogP contribution is -2.14. The molecule has 5 aromatic rings. The fraction of sp³-hybridized carbons (Fsp3) is 0.259. The van der Waals surface area contributed by atoms with Crippen LogP contribution in [-0.4, -0.2) is 31.2 Å². The maximum absolute atomic E-state index is 12.7. The SMILES string of the molecule is Cc1ccc(NC(=O)CSc2nnc3c4c5c(sc4nc(SCc4ccccc4)n23)CCCC5)cc1. The zero-order valence-corrected chi connectivity index (χ0v) is 22.3. The molecule has 0 aliphatic heterocycles. The van der Waals surface area contributed by atoms with Gasteiger partial charge in [0.15, 0.2) is 16.0 Å². The highest BCUT2D eigenvalue weighted by atomic mass is 32.2. The fourth-order valence-corrected chi connectivity index (χ4v) is 7.53. The van der Waals surface area contributed by atoms with Crippen LogP contribution in [0.2, 0.25) is 0 Å². The van der Waals surface area contributed by atoms with Crippen LogP contribution >= 0.6 is 34.9 Å². The number of fused-ring (bicyclic) bond motifs is 5. The van der Waals surface area contributed by atoms with E-state index in [-0.39, 0.29) is 11.7 Å². The van der Waals surface area contributed by atoms with E-state index in [4.69, 9.17) is 4.98 Å². The van der Waals surface area contributed by atoms with Crippen molar-refractivity contribution in [2.45, 2.75) is 48.7 Å². The van der Waals surface area contributed by atoms with Crippen LogP contribution in [0.5, 0.6) is 0 Å². The molecule has 0 fully saturated rings. The third-order valence-electron chi connectivity index (χ3n) is 6.28. The molecule has 1 aliphatic rings. The van der Waals surface area contributed by atoms with E-state index >= 15 is 0 Å². The highest BCUT2D eigenvalue weighted by molar-refractivity contribution is 8.00. The normalized spacial score (nSPS) is 13.2. The number of carbonyl (C=O) groups is 1. The van der Waals surface area contributed by atoms with Crippen molar-refractivity contribution in [1.29, 1.82) is 0 Å². The summed E-state index contributed by atoms with van der Waals surface area (Å²) in [4.78, 5) is 20.3. The van der Waals surface area contributed by atoms with Gasteiger partial charge in [0.05, 0.1) is 11.1 Å². The second kappa shape index (κ2) is 10.2. The minimum absolute atomic E-state index is 0.0685. The van der Waals surface area contributed by atoms with Gasteiger partial charge in [-0.2, -0.15) is 0 Å². The smallest absolute Gasteiger partial charge is 0.234 e. The van der Waals surface area contributed by atoms with E-state index in [9.17, 15) is 4.79 Å². The Morgan fingerprint density at radius 1 is 1.00 bits per heavy atom. The summed E-state index contributed by atoms with van der Waals surface area (Å²) in [5.74, 6) is 0.980. The van der Waals surface area contributed by atoms with Crippen LogP contribution < -0.4 is 5.32 Å². The number of benzene rings is 2. The van der Waals surface area contributed by atoms with Crippen LogP contribution in [0.4, 0.5) is 5.69 Å². The molecule has 3 heterocycles. The number of aryl methyl sites for hydroxylation is 3. The molecule has 0 saturated carbocycles.